The van der Waals surface area contributed by atoms with Gasteiger partial charge in [0.05, 0.1) is 18.2 Å². The Balaban J connectivity index is 1.83. The van der Waals surface area contributed by atoms with E-state index in [1.54, 1.807) is 16.7 Å². The second kappa shape index (κ2) is 8.66. The maximum atomic E-state index is 14.6. The maximum Gasteiger partial charge on any atom is 0.263 e. The van der Waals surface area contributed by atoms with E-state index in [-0.39, 0.29) is 71.4 Å². The van der Waals surface area contributed by atoms with Crippen LogP contribution in [-0.2, 0) is 4.79 Å². The minimum absolute atomic E-state index is 0.00349. The molecule has 4 rings (SSSR count). The Bertz CT molecular complexity index is 1090. The number of phenols is 1. The molecule has 2 aliphatic rings. The van der Waals surface area contributed by atoms with E-state index < -0.39 is 17.8 Å². The number of carbonyl (C=O) groups is 2. The van der Waals surface area contributed by atoms with Gasteiger partial charge in [0, 0.05) is 19.6 Å². The van der Waals surface area contributed by atoms with Crippen molar-refractivity contribution in [2.24, 2.45) is 0 Å². The van der Waals surface area contributed by atoms with Crippen LogP contribution < -0.4 is 9.47 Å². The number of aromatic nitrogens is 1. The molecule has 0 bridgehead atoms. The number of pyridine rings is 1. The molecule has 10 heteroatoms. The summed E-state index contributed by atoms with van der Waals surface area (Å²) < 4.78 is 26.1. The number of ether oxygens (including phenoxy) is 2. The van der Waals surface area contributed by atoms with E-state index in [1.165, 1.54) is 18.2 Å². The minimum atomic E-state index is -0.738. The van der Waals surface area contributed by atoms with Gasteiger partial charge in [-0.15, -0.1) is 0 Å². The molecule has 2 amide bonds. The molecule has 2 aromatic rings. The number of amides is 2. The Morgan fingerprint density at radius 1 is 1.44 bits per heavy atom. The van der Waals surface area contributed by atoms with E-state index in [0.29, 0.717) is 6.54 Å². The molecular weight excluding hydrogens is 441 g/mol. The lowest BCUT2D eigenvalue weighted by Crippen LogP contribution is -2.57. The molecule has 1 N–H and O–H groups in total. The molecule has 168 valence electrons. The average molecular weight is 462 g/mol. The lowest BCUT2D eigenvalue weighted by atomic mass is 10.1. The van der Waals surface area contributed by atoms with Crippen LogP contribution in [0.25, 0.3) is 11.3 Å². The Labute approximate surface area is 188 Å². The fourth-order valence-corrected chi connectivity index (χ4v) is 4.20. The third-order valence-corrected chi connectivity index (χ3v) is 5.79. The molecule has 0 unspecified atom stereocenters. The molecule has 32 heavy (non-hydrogen) atoms. The van der Waals surface area contributed by atoms with E-state index >= 15 is 0 Å². The van der Waals surface area contributed by atoms with Gasteiger partial charge in [0.2, 0.25) is 11.8 Å². The summed E-state index contributed by atoms with van der Waals surface area (Å²) in [6.45, 7) is 6.35. The molecule has 2 aliphatic heterocycles. The summed E-state index contributed by atoms with van der Waals surface area (Å²) in [5.74, 6) is -1.81. The van der Waals surface area contributed by atoms with Crippen molar-refractivity contribution in [1.29, 1.82) is 0 Å². The van der Waals surface area contributed by atoms with Crippen LogP contribution in [0.1, 0.15) is 17.3 Å². The van der Waals surface area contributed by atoms with Crippen molar-refractivity contribution in [3.63, 3.8) is 0 Å². The third-order valence-electron chi connectivity index (χ3n) is 5.43. The van der Waals surface area contributed by atoms with Crippen molar-refractivity contribution < 1.29 is 28.6 Å². The molecule has 3 heterocycles. The largest absolute Gasteiger partial charge is 0.507 e. The second-order valence-corrected chi connectivity index (χ2v) is 7.68. The predicted molar refractivity (Wildman–Crippen MR) is 115 cm³/mol. The van der Waals surface area contributed by atoms with Gasteiger partial charge in [-0.1, -0.05) is 24.2 Å². The fraction of sp³-hybridized carbons (Fsp3) is 0.318. The predicted octanol–water partition coefficient (Wildman–Crippen LogP) is 2.88. The fourth-order valence-electron chi connectivity index (χ4n) is 3.92. The Kier molecular flexibility index (Phi) is 5.92. The quantitative estimate of drug-likeness (QED) is 0.704. The van der Waals surface area contributed by atoms with Crippen LogP contribution in [-0.4, -0.2) is 70.6 Å². The minimum Gasteiger partial charge on any atom is -0.507 e. The Hall–Kier alpha value is -3.33. The first-order valence-electron chi connectivity index (χ1n) is 10.1. The normalized spacial score (nSPS) is 17.7. The SMILES string of the molecule is C=CC(=O)N1CCN2C(=O)c3c(OCC)nc(-c4c(O)cccc4F)c(Cl)c3OC[C@H]2C1. The molecule has 1 saturated heterocycles. The number of carbonyl (C=O) groups excluding carboxylic acids is 2. The van der Waals surface area contributed by atoms with Gasteiger partial charge in [-0.25, -0.2) is 9.37 Å². The molecular formula is C22H21ClFN3O5. The van der Waals surface area contributed by atoms with Gasteiger partial charge < -0.3 is 24.4 Å². The zero-order valence-corrected chi connectivity index (χ0v) is 18.1. The second-order valence-electron chi connectivity index (χ2n) is 7.30. The van der Waals surface area contributed by atoms with Crippen molar-refractivity contribution >= 4 is 23.4 Å². The maximum absolute atomic E-state index is 14.6. The number of phenolic OH excluding ortho intramolecular Hbond substituents is 1. The van der Waals surface area contributed by atoms with Crippen LogP contribution in [0.2, 0.25) is 5.02 Å². The molecule has 0 saturated carbocycles. The zero-order valence-electron chi connectivity index (χ0n) is 17.3. The summed E-state index contributed by atoms with van der Waals surface area (Å²) >= 11 is 6.54. The van der Waals surface area contributed by atoms with Crippen molar-refractivity contribution in [1.82, 2.24) is 14.8 Å². The smallest absolute Gasteiger partial charge is 0.263 e. The number of hydrogen-bond donors (Lipinski definition) is 1. The zero-order chi connectivity index (χ0) is 23.0. The van der Waals surface area contributed by atoms with E-state index in [1.807, 2.05) is 0 Å². The van der Waals surface area contributed by atoms with Crippen LogP contribution >= 0.6 is 11.6 Å². The Morgan fingerprint density at radius 3 is 2.91 bits per heavy atom. The number of rotatable bonds is 4. The lowest BCUT2D eigenvalue weighted by Gasteiger charge is -2.39. The van der Waals surface area contributed by atoms with E-state index in [2.05, 4.69) is 11.6 Å². The number of piperazine rings is 1. The van der Waals surface area contributed by atoms with Crippen LogP contribution in [0.4, 0.5) is 4.39 Å². The topological polar surface area (TPSA) is 92.2 Å². The van der Waals surface area contributed by atoms with Crippen LogP contribution in [0.15, 0.2) is 30.9 Å². The summed E-state index contributed by atoms with van der Waals surface area (Å²) in [4.78, 5) is 33.0. The number of benzene rings is 1. The Morgan fingerprint density at radius 2 is 2.22 bits per heavy atom. The van der Waals surface area contributed by atoms with Gasteiger partial charge >= 0.3 is 0 Å². The number of aromatic hydroxyl groups is 1. The van der Waals surface area contributed by atoms with E-state index in [4.69, 9.17) is 21.1 Å². The number of fused-ring (bicyclic) bond motifs is 2. The van der Waals surface area contributed by atoms with Crippen molar-refractivity contribution in [3.05, 3.63) is 47.3 Å². The van der Waals surface area contributed by atoms with Gasteiger partial charge in [0.15, 0.2) is 5.75 Å². The van der Waals surface area contributed by atoms with Crippen molar-refractivity contribution in [3.8, 4) is 28.6 Å². The van der Waals surface area contributed by atoms with Gasteiger partial charge in [-0.2, -0.15) is 0 Å². The average Bonchev–Trinajstić information content (AvgIpc) is 2.92. The molecule has 1 aromatic carbocycles. The van der Waals surface area contributed by atoms with Gasteiger partial charge in [0.1, 0.15) is 34.5 Å². The first kappa shape index (κ1) is 21.9. The lowest BCUT2D eigenvalue weighted by molar-refractivity contribution is -0.128. The molecule has 1 aromatic heterocycles. The molecule has 1 atom stereocenters. The first-order chi connectivity index (χ1) is 15.4. The van der Waals surface area contributed by atoms with Crippen LogP contribution in [0.3, 0.4) is 0 Å². The number of nitrogens with zero attached hydrogens (tertiary/aromatic N) is 3. The van der Waals surface area contributed by atoms with Gasteiger partial charge in [0.25, 0.3) is 5.91 Å². The third kappa shape index (κ3) is 3.62. The van der Waals surface area contributed by atoms with Crippen molar-refractivity contribution in [2.75, 3.05) is 32.8 Å². The summed E-state index contributed by atoms with van der Waals surface area (Å²) in [6.07, 6.45) is 1.23. The summed E-state index contributed by atoms with van der Waals surface area (Å²) in [5, 5.41) is 10.1. The van der Waals surface area contributed by atoms with E-state index in [0.717, 1.165) is 6.07 Å². The molecule has 0 spiro atoms. The van der Waals surface area contributed by atoms with Gasteiger partial charge in [-0.3, -0.25) is 9.59 Å². The first-order valence-corrected chi connectivity index (χ1v) is 10.4. The highest BCUT2D eigenvalue weighted by atomic mass is 35.5. The summed E-state index contributed by atoms with van der Waals surface area (Å²) in [5.41, 5.74) is -0.287. The van der Waals surface area contributed by atoms with Crippen molar-refractivity contribution in [2.45, 2.75) is 13.0 Å². The highest BCUT2D eigenvalue weighted by molar-refractivity contribution is 6.35. The summed E-state index contributed by atoms with van der Waals surface area (Å²) in [6, 6.07) is 3.39. The molecule has 0 radical (unpaired) electrons. The van der Waals surface area contributed by atoms with E-state index in [9.17, 15) is 19.1 Å². The van der Waals surface area contributed by atoms with Crippen LogP contribution in [0, 0.1) is 5.82 Å². The number of halogens is 2. The highest BCUT2D eigenvalue weighted by Gasteiger charge is 2.40. The molecule has 0 aliphatic carbocycles. The molecule has 8 nitrogen and oxygen atoms in total. The van der Waals surface area contributed by atoms with Gasteiger partial charge in [-0.05, 0) is 25.1 Å². The summed E-state index contributed by atoms with van der Waals surface area (Å²) in [7, 11) is 0. The number of hydrogen-bond acceptors (Lipinski definition) is 6. The standard InChI is InChI=1S/C22H21ClFN3O5/c1-3-15(29)26-8-9-27-12(10-26)11-32-20-17(22(27)30)21(31-4-2)25-19(18(20)23)16-13(24)6-5-7-14(16)28/h3,5-7,12,28H,1,4,8-11H2,2H3/t12-/m1/s1. The highest BCUT2D eigenvalue weighted by Crippen LogP contribution is 2.45. The molecule has 1 fully saturated rings. The van der Waals surface area contributed by atoms with Crippen LogP contribution in [0.5, 0.6) is 17.4 Å². The monoisotopic (exact) mass is 461 g/mol.